The van der Waals surface area contributed by atoms with Gasteiger partial charge in [-0.25, -0.2) is 46.3 Å². The van der Waals surface area contributed by atoms with Gasteiger partial charge in [0.25, 0.3) is 23.6 Å². The smallest absolute Gasteiger partial charge is 0.270 e. The number of piperidine rings is 4. The number of rotatable bonds is 16. The minimum Gasteiger partial charge on any atom is -0.348 e. The molecule has 22 rings (SSSR count). The maximum absolute atomic E-state index is 14.5. The quantitative estimate of drug-likeness (QED) is 0.0518. The number of halogens is 7. The lowest BCUT2D eigenvalue weighted by Gasteiger charge is -2.36. The van der Waals surface area contributed by atoms with Crippen LogP contribution in [0.15, 0.2) is 238 Å². The van der Waals surface area contributed by atoms with Crippen LogP contribution < -0.4 is 21.3 Å². The highest BCUT2D eigenvalue weighted by molar-refractivity contribution is 6.31. The van der Waals surface area contributed by atoms with Crippen LogP contribution in [0.4, 0.5) is 26.3 Å². The Balaban J connectivity index is 0.000000117. The number of aryl methyl sites for hydroxylation is 2. The lowest BCUT2D eigenvalue weighted by atomic mass is 9.98. The van der Waals surface area contributed by atoms with Gasteiger partial charge in [0.05, 0.1) is 52.6 Å². The van der Waals surface area contributed by atoms with Crippen molar-refractivity contribution < 1.29 is 45.5 Å². The highest BCUT2D eigenvalue weighted by Gasteiger charge is 2.41. The number of pyridine rings is 8. The number of aromatic nitrogens is 12. The first-order valence-electron chi connectivity index (χ1n) is 46.2. The van der Waals surface area contributed by atoms with Crippen molar-refractivity contribution in [3.63, 3.8) is 0 Å². The fourth-order valence-electron chi connectivity index (χ4n) is 20.0. The van der Waals surface area contributed by atoms with Gasteiger partial charge < -0.3 is 40.9 Å². The Morgan fingerprint density at radius 3 is 0.927 bits per heavy atom. The topological polar surface area (TPSA) is 250 Å². The second-order valence-corrected chi connectivity index (χ2v) is 37.0. The summed E-state index contributed by atoms with van der Waals surface area (Å²) in [5.74, 6) is -4.83. The van der Waals surface area contributed by atoms with E-state index in [0.717, 1.165) is 140 Å². The van der Waals surface area contributed by atoms with Crippen molar-refractivity contribution in [2.24, 2.45) is 0 Å². The van der Waals surface area contributed by atoms with Crippen molar-refractivity contribution in [2.45, 2.75) is 139 Å². The predicted molar refractivity (Wildman–Crippen MR) is 516 cm³/mol. The predicted octanol–water partition coefficient (Wildman–Crippen LogP) is 18.7. The van der Waals surface area contributed by atoms with Crippen LogP contribution in [-0.4, -0.2) is 203 Å². The molecule has 4 atom stereocenters. The zero-order chi connectivity index (χ0) is 95.0. The number of benzene rings is 4. The van der Waals surface area contributed by atoms with Gasteiger partial charge in [0.15, 0.2) is 11.6 Å². The molecule has 6 aliphatic heterocycles. The Bertz CT molecular complexity index is 7030. The number of carbonyl (C=O) groups excluding carboxylic acids is 4. The molecule has 0 saturated carbocycles. The van der Waals surface area contributed by atoms with Crippen LogP contribution in [0, 0.1) is 48.8 Å². The number of nitrogens with zero attached hydrogens (tertiary/aromatic N) is 16. The van der Waals surface area contributed by atoms with Gasteiger partial charge >= 0.3 is 0 Å². The number of fused-ring (bicyclic) bond motifs is 8. The molecule has 12 aromatic heterocycles. The molecule has 31 heteroatoms. The maximum Gasteiger partial charge on any atom is 0.270 e. The molecule has 698 valence electrons. The summed E-state index contributed by atoms with van der Waals surface area (Å²) in [6, 6.07) is 48.8. The molecular formula is C106H101ClF6N20O4. The number of imidazole rings is 4. The molecule has 24 nitrogen and oxygen atoms in total. The molecule has 0 radical (unpaired) electrons. The average molecular weight is 1870 g/mol. The van der Waals surface area contributed by atoms with Gasteiger partial charge in [-0.05, 0) is 290 Å². The molecule has 4 bridgehead atoms. The largest absolute Gasteiger partial charge is 0.348 e. The highest BCUT2D eigenvalue weighted by atomic mass is 35.5. The standard InChI is InChI=1S/2C28H28FN5O.C25H23ClFN5O.C25H22F3N5O/c2*1-17-12-18(5-9-24(17)29)27-23(4-3-11-30-27)19-6-10-26-31-15-25(34(26)16-19)28(35)32-20-13-21-7-8-22(14-20)33(21)2;1-31-11-8-18(9-12-31)30-25(33)22-14-29-23-7-5-17(15-32(22)23)19-3-2-10-28-24(19)16-4-6-21(27)20(26)13-16;1-32-9-6-16(7-10-32)31-25(34)22-13-30-23-5-4-15(14-33(22)23)17-3-2-8-29-24(17)18-11-20(27)21(28)12-19(18)26/h2*3-6,9-12,15-16,20-22H,7-8,13-14H2,1-2H3,(H,32,35);2-7,10,13-15,18H,8-9,11-12H2,1H3,(H,30,33);2-5,8,11-14,16H,6-7,9-10H2,1H3,(H,31,34). The third-order valence-electron chi connectivity index (χ3n) is 27.7. The Hall–Kier alpha value is -14.2. The Labute approximate surface area is 792 Å². The van der Waals surface area contributed by atoms with Crippen molar-refractivity contribution in [3.05, 3.63) is 312 Å². The van der Waals surface area contributed by atoms with E-state index in [-0.39, 0.29) is 75.7 Å². The normalized spacial score (nSPS) is 18.6. The van der Waals surface area contributed by atoms with Gasteiger partial charge in [0.2, 0.25) is 0 Å². The van der Waals surface area contributed by atoms with E-state index in [1.165, 1.54) is 56.3 Å². The number of nitrogens with one attached hydrogen (secondary N) is 4. The summed E-state index contributed by atoms with van der Waals surface area (Å²) in [7, 11) is 8.55. The lowest BCUT2D eigenvalue weighted by molar-refractivity contribution is 0.0868. The van der Waals surface area contributed by atoms with Crippen LogP contribution in [0.3, 0.4) is 0 Å². The molecule has 6 saturated heterocycles. The van der Waals surface area contributed by atoms with Crippen LogP contribution >= 0.6 is 11.6 Å². The number of hydrogen-bond donors (Lipinski definition) is 4. The molecule has 6 aliphatic rings. The molecule has 4 unspecified atom stereocenters. The van der Waals surface area contributed by atoms with Crippen LogP contribution in [-0.2, 0) is 0 Å². The molecule has 18 heterocycles. The third-order valence-corrected chi connectivity index (χ3v) is 28.0. The zero-order valence-electron chi connectivity index (χ0n) is 76.4. The first kappa shape index (κ1) is 91.9. The molecule has 0 spiro atoms. The van der Waals surface area contributed by atoms with Gasteiger partial charge in [-0.1, -0.05) is 35.9 Å². The summed E-state index contributed by atoms with van der Waals surface area (Å²) < 4.78 is 90.4. The second-order valence-electron chi connectivity index (χ2n) is 36.5. The zero-order valence-corrected chi connectivity index (χ0v) is 77.1. The minimum absolute atomic E-state index is 0.0435. The summed E-state index contributed by atoms with van der Waals surface area (Å²) in [4.78, 5) is 97.6. The number of hydrogen-bond acceptors (Lipinski definition) is 16. The monoisotopic (exact) mass is 1870 g/mol. The van der Waals surface area contributed by atoms with E-state index in [1.54, 1.807) is 115 Å². The fourth-order valence-corrected chi connectivity index (χ4v) is 20.2. The third kappa shape index (κ3) is 19.6. The Morgan fingerprint density at radius 2 is 0.599 bits per heavy atom. The summed E-state index contributed by atoms with van der Waals surface area (Å²) >= 11 is 6.01. The summed E-state index contributed by atoms with van der Waals surface area (Å²) in [5.41, 5.74) is 16.8. The van der Waals surface area contributed by atoms with Crippen LogP contribution in [0.25, 0.3) is 112 Å². The van der Waals surface area contributed by atoms with E-state index in [9.17, 15) is 45.5 Å². The van der Waals surface area contributed by atoms with E-state index in [1.807, 2.05) is 112 Å². The molecule has 4 N–H and O–H groups in total. The van der Waals surface area contributed by atoms with E-state index < -0.39 is 23.3 Å². The van der Waals surface area contributed by atoms with Crippen molar-refractivity contribution in [1.29, 1.82) is 0 Å². The van der Waals surface area contributed by atoms with E-state index in [2.05, 4.69) is 109 Å². The summed E-state index contributed by atoms with van der Waals surface area (Å²) in [6.07, 6.45) is 33.0. The first-order chi connectivity index (χ1) is 66.3. The molecule has 137 heavy (non-hydrogen) atoms. The second kappa shape index (κ2) is 39.6. The van der Waals surface area contributed by atoms with Gasteiger partial charge in [-0.3, -0.25) is 56.7 Å². The Morgan fingerprint density at radius 1 is 0.307 bits per heavy atom. The van der Waals surface area contributed by atoms with Crippen LogP contribution in [0.2, 0.25) is 5.02 Å². The van der Waals surface area contributed by atoms with Gasteiger partial charge in [0.1, 0.15) is 68.6 Å². The number of likely N-dealkylation sites (tertiary alicyclic amines) is 2. The number of carbonyl (C=O) groups is 4. The first-order valence-corrected chi connectivity index (χ1v) is 46.6. The molecule has 6 fully saturated rings. The van der Waals surface area contributed by atoms with Crippen molar-refractivity contribution >= 4 is 57.8 Å². The molecule has 16 aromatic rings. The van der Waals surface area contributed by atoms with E-state index in [0.29, 0.717) is 109 Å². The van der Waals surface area contributed by atoms with Crippen LogP contribution in [0.5, 0.6) is 0 Å². The van der Waals surface area contributed by atoms with Crippen LogP contribution in [0.1, 0.15) is 130 Å². The lowest BCUT2D eigenvalue weighted by Crippen LogP contribution is -2.48. The van der Waals surface area contributed by atoms with Crippen molar-refractivity contribution in [3.8, 4) is 89.5 Å². The molecular weight excluding hydrogens is 1770 g/mol. The van der Waals surface area contributed by atoms with E-state index in [4.69, 9.17) is 11.6 Å². The molecule has 4 aromatic carbocycles. The van der Waals surface area contributed by atoms with Crippen molar-refractivity contribution in [2.75, 3.05) is 54.4 Å². The maximum atomic E-state index is 14.5. The summed E-state index contributed by atoms with van der Waals surface area (Å²) in [5, 5.41) is 12.8. The Kier molecular flexibility index (Phi) is 26.6. The highest BCUT2D eigenvalue weighted by Crippen LogP contribution is 2.41. The van der Waals surface area contributed by atoms with Gasteiger partial charge in [-0.2, -0.15) is 0 Å². The molecule has 0 aliphatic carbocycles. The number of amides is 4. The summed E-state index contributed by atoms with van der Waals surface area (Å²) in [6.45, 7) is 7.29. The van der Waals surface area contributed by atoms with Crippen molar-refractivity contribution in [1.82, 2.24) is 98.3 Å². The van der Waals surface area contributed by atoms with Gasteiger partial charge in [-0.15, -0.1) is 0 Å². The average Bonchev–Trinajstić information content (AvgIpc) is 1.74. The molecule has 4 amide bonds. The minimum atomic E-state index is -1.26. The fraction of sp³-hybridized carbons (Fsp3) is 0.283. The SMILES string of the molecule is CN1CCC(NC(=O)c2cnc3ccc(-c4cccnc4-c4cc(F)c(F)cc4F)cn23)CC1.CN1CCC(NC(=O)c2cnc3ccc(-c4cccnc4-c4ccc(F)c(Cl)c4)cn23)CC1.Cc1cc(-c2ncccc2-c2ccc3ncc(C(=O)NC4CC5CCC(C4)N5C)n3c2)ccc1F.Cc1cc(-c2ncccc2-c2ccc3ncc(C(=O)NC4CC5CCC(C4)N5C)n3c2)ccc1F. The van der Waals surface area contributed by atoms with E-state index >= 15 is 0 Å². The van der Waals surface area contributed by atoms with Gasteiger partial charge in [0, 0.05) is 171 Å².